The topological polar surface area (TPSA) is 95.6 Å². The number of nitrogens with zero attached hydrogens (tertiary/aromatic N) is 2. The Balaban J connectivity index is 1.65. The molecule has 0 unspecified atom stereocenters. The molecule has 0 radical (unpaired) electrons. The van der Waals surface area contributed by atoms with Crippen LogP contribution in [0.25, 0.3) is 22.1 Å². The van der Waals surface area contributed by atoms with Crippen LogP contribution in [0, 0.1) is 0 Å². The normalized spacial score (nSPS) is 11.2. The van der Waals surface area contributed by atoms with E-state index < -0.39 is 0 Å². The average Bonchev–Trinajstić information content (AvgIpc) is 3.00. The Bertz CT molecular complexity index is 931. The number of aromatic nitrogens is 2. The van der Waals surface area contributed by atoms with Gasteiger partial charge in [0, 0.05) is 19.0 Å². The highest BCUT2D eigenvalue weighted by Gasteiger charge is 2.14. The van der Waals surface area contributed by atoms with Crippen molar-refractivity contribution in [1.29, 1.82) is 0 Å². The third-order valence-corrected chi connectivity index (χ3v) is 3.66. The number of hydrogen-bond acceptors (Lipinski definition) is 6. The second kappa shape index (κ2) is 7.91. The Labute approximate surface area is 143 Å². The predicted molar refractivity (Wildman–Crippen MR) is 91.5 cm³/mol. The Morgan fingerprint density at radius 3 is 2.96 bits per heavy atom. The Morgan fingerprint density at radius 1 is 1.28 bits per heavy atom. The lowest BCUT2D eigenvalue weighted by Crippen LogP contribution is -2.34. The Morgan fingerprint density at radius 2 is 2.12 bits per heavy atom. The molecule has 1 N–H and O–H groups in total. The van der Waals surface area contributed by atoms with Crippen LogP contribution in [0.5, 0.6) is 0 Å². The van der Waals surface area contributed by atoms with Crippen LogP contribution in [0.3, 0.4) is 0 Å². The number of fused-ring (bicyclic) bond motifs is 3. The van der Waals surface area contributed by atoms with Gasteiger partial charge in [-0.3, -0.25) is 14.2 Å². The Hall–Kier alpha value is -2.71. The first kappa shape index (κ1) is 17.1. The third kappa shape index (κ3) is 3.86. The number of rotatable bonds is 8. The maximum atomic E-state index is 12.5. The first-order valence-electron chi connectivity index (χ1n) is 7.91. The molecule has 3 aromatic rings. The molecule has 0 atom stereocenters. The summed E-state index contributed by atoms with van der Waals surface area (Å²) in [5.74, 6) is -0.297. The molecule has 8 nitrogen and oxygen atoms in total. The number of para-hydroxylation sites is 1. The van der Waals surface area contributed by atoms with Crippen molar-refractivity contribution < 1.29 is 18.7 Å². The number of nitrogens with one attached hydrogen (secondary N) is 1. The summed E-state index contributed by atoms with van der Waals surface area (Å²) in [5, 5.41) is 3.46. The molecule has 132 valence electrons. The third-order valence-electron chi connectivity index (χ3n) is 3.66. The van der Waals surface area contributed by atoms with E-state index in [-0.39, 0.29) is 23.6 Å². The van der Waals surface area contributed by atoms with Gasteiger partial charge in [0.2, 0.25) is 11.5 Å². The first-order chi connectivity index (χ1) is 12.2. The molecule has 3 rings (SSSR count). The number of furan rings is 1. The smallest absolute Gasteiger partial charge is 0.297 e. The molecule has 0 aliphatic rings. The fourth-order valence-corrected chi connectivity index (χ4v) is 2.45. The minimum absolute atomic E-state index is 0.128. The van der Waals surface area contributed by atoms with Crippen LogP contribution >= 0.6 is 0 Å². The van der Waals surface area contributed by atoms with Gasteiger partial charge in [-0.1, -0.05) is 12.1 Å². The molecule has 25 heavy (non-hydrogen) atoms. The van der Waals surface area contributed by atoms with E-state index in [1.807, 2.05) is 18.2 Å². The zero-order valence-electron chi connectivity index (χ0n) is 13.9. The van der Waals surface area contributed by atoms with E-state index in [9.17, 15) is 9.59 Å². The van der Waals surface area contributed by atoms with E-state index in [0.29, 0.717) is 37.5 Å². The summed E-state index contributed by atoms with van der Waals surface area (Å²) in [6.07, 6.45) is 1.36. The predicted octanol–water partition coefficient (Wildman–Crippen LogP) is 0.922. The average molecular weight is 345 g/mol. The van der Waals surface area contributed by atoms with E-state index in [0.717, 1.165) is 5.39 Å². The van der Waals surface area contributed by atoms with Gasteiger partial charge in [-0.2, -0.15) is 0 Å². The molecule has 0 aliphatic heterocycles. The maximum Gasteiger partial charge on any atom is 0.297 e. The summed E-state index contributed by atoms with van der Waals surface area (Å²) in [5.41, 5.74) is 0.869. The van der Waals surface area contributed by atoms with Crippen molar-refractivity contribution >= 4 is 28.0 Å². The molecule has 0 saturated heterocycles. The van der Waals surface area contributed by atoms with Crippen molar-refractivity contribution in [3.05, 3.63) is 40.9 Å². The summed E-state index contributed by atoms with van der Waals surface area (Å²) >= 11 is 0. The van der Waals surface area contributed by atoms with E-state index >= 15 is 0 Å². The van der Waals surface area contributed by atoms with Gasteiger partial charge in [0.1, 0.15) is 17.6 Å². The molecule has 1 amide bonds. The molecule has 2 heterocycles. The lowest BCUT2D eigenvalue weighted by atomic mass is 10.2. The zero-order chi connectivity index (χ0) is 17.6. The minimum Gasteiger partial charge on any atom is -0.448 e. The molecule has 0 saturated carbocycles. The molecule has 0 fully saturated rings. The van der Waals surface area contributed by atoms with E-state index in [2.05, 4.69) is 10.3 Å². The van der Waals surface area contributed by atoms with Gasteiger partial charge in [-0.15, -0.1) is 0 Å². The van der Waals surface area contributed by atoms with Gasteiger partial charge in [0.05, 0.1) is 26.1 Å². The van der Waals surface area contributed by atoms with Gasteiger partial charge in [0.15, 0.2) is 0 Å². The summed E-state index contributed by atoms with van der Waals surface area (Å²) in [6.45, 7) is 1.59. The fraction of sp³-hybridized carbons (Fsp3) is 0.353. The van der Waals surface area contributed by atoms with Crippen LogP contribution in [-0.2, 0) is 20.8 Å². The van der Waals surface area contributed by atoms with Crippen LogP contribution in [0.2, 0.25) is 0 Å². The number of hydrogen-bond donors (Lipinski definition) is 1. The van der Waals surface area contributed by atoms with Crippen molar-refractivity contribution in [2.24, 2.45) is 0 Å². The molecule has 8 heteroatoms. The van der Waals surface area contributed by atoms with Gasteiger partial charge in [-0.05, 0) is 12.1 Å². The first-order valence-corrected chi connectivity index (χ1v) is 7.91. The summed E-state index contributed by atoms with van der Waals surface area (Å²) < 4.78 is 16.9. The van der Waals surface area contributed by atoms with Gasteiger partial charge in [0.25, 0.3) is 5.56 Å². The van der Waals surface area contributed by atoms with Crippen LogP contribution in [0.15, 0.2) is 39.8 Å². The van der Waals surface area contributed by atoms with Crippen LogP contribution in [0.1, 0.15) is 0 Å². The van der Waals surface area contributed by atoms with Crippen molar-refractivity contribution in [3.8, 4) is 0 Å². The van der Waals surface area contributed by atoms with E-state index in [4.69, 9.17) is 13.9 Å². The molecule has 0 aliphatic carbocycles. The zero-order valence-corrected chi connectivity index (χ0v) is 13.9. The standard InChI is InChI=1S/C17H19N3O5/c1-23-8-9-24-7-6-18-14(21)10-20-11-19-15-12-4-2-3-5-13(12)25-16(15)17(20)22/h2-5,11H,6-10H2,1H3,(H,18,21). The highest BCUT2D eigenvalue weighted by Crippen LogP contribution is 2.23. The maximum absolute atomic E-state index is 12.5. The molecule has 2 aromatic heterocycles. The highest BCUT2D eigenvalue weighted by molar-refractivity contribution is 6.01. The van der Waals surface area contributed by atoms with Crippen molar-refractivity contribution in [1.82, 2.24) is 14.9 Å². The van der Waals surface area contributed by atoms with E-state index in [1.165, 1.54) is 10.9 Å². The second-order valence-corrected chi connectivity index (χ2v) is 5.41. The van der Waals surface area contributed by atoms with Crippen LogP contribution < -0.4 is 10.9 Å². The lowest BCUT2D eigenvalue weighted by molar-refractivity contribution is -0.122. The largest absolute Gasteiger partial charge is 0.448 e. The molecule has 0 spiro atoms. The van der Waals surface area contributed by atoms with Crippen molar-refractivity contribution in [2.45, 2.75) is 6.54 Å². The van der Waals surface area contributed by atoms with Gasteiger partial charge in [-0.25, -0.2) is 4.98 Å². The fourth-order valence-electron chi connectivity index (χ4n) is 2.45. The number of amides is 1. The molecule has 1 aromatic carbocycles. The van der Waals surface area contributed by atoms with Gasteiger partial charge < -0.3 is 19.2 Å². The number of carbonyl (C=O) groups is 1. The van der Waals surface area contributed by atoms with Crippen LogP contribution in [-0.4, -0.2) is 48.9 Å². The summed E-state index contributed by atoms with van der Waals surface area (Å²) in [4.78, 5) is 28.7. The van der Waals surface area contributed by atoms with Crippen LogP contribution in [0.4, 0.5) is 0 Å². The van der Waals surface area contributed by atoms with Crippen molar-refractivity contribution in [3.63, 3.8) is 0 Å². The molecular formula is C17H19N3O5. The number of carbonyl (C=O) groups excluding carboxylic acids is 1. The SMILES string of the molecule is COCCOCCNC(=O)Cn1cnc2c(oc3ccccc32)c1=O. The number of benzene rings is 1. The summed E-state index contributed by atoms with van der Waals surface area (Å²) in [7, 11) is 1.59. The Kier molecular flexibility index (Phi) is 5.42. The number of ether oxygens (including phenoxy) is 2. The monoisotopic (exact) mass is 345 g/mol. The second-order valence-electron chi connectivity index (χ2n) is 5.41. The van der Waals surface area contributed by atoms with E-state index in [1.54, 1.807) is 13.2 Å². The summed E-state index contributed by atoms with van der Waals surface area (Å²) in [6, 6.07) is 7.30. The molecule has 0 bridgehead atoms. The highest BCUT2D eigenvalue weighted by atomic mass is 16.5. The molecular weight excluding hydrogens is 326 g/mol. The lowest BCUT2D eigenvalue weighted by Gasteiger charge is -2.07. The number of methoxy groups -OCH3 is 1. The quantitative estimate of drug-likeness (QED) is 0.610. The van der Waals surface area contributed by atoms with Gasteiger partial charge >= 0.3 is 0 Å². The van der Waals surface area contributed by atoms with Crippen molar-refractivity contribution in [2.75, 3.05) is 33.5 Å². The minimum atomic E-state index is -0.382.